The number of pyridine rings is 1. The highest BCUT2D eigenvalue weighted by Gasteiger charge is 2.37. The van der Waals surface area contributed by atoms with Crippen LogP contribution >= 0.6 is 24.0 Å². The molecule has 2 amide bonds. The summed E-state index contributed by atoms with van der Waals surface area (Å²) in [7, 11) is 1.59. The minimum atomic E-state index is -0.183. The number of nitrogens with zero attached hydrogens (tertiary/aromatic N) is 3. The highest BCUT2D eigenvalue weighted by molar-refractivity contribution is 8.26. The van der Waals surface area contributed by atoms with Gasteiger partial charge in [-0.25, -0.2) is 0 Å². The summed E-state index contributed by atoms with van der Waals surface area (Å²) in [6.45, 7) is 2.15. The molecule has 3 aliphatic rings. The Morgan fingerprint density at radius 1 is 1.15 bits per heavy atom. The first-order valence-electron chi connectivity index (χ1n) is 11.3. The molecule has 3 aliphatic heterocycles. The molecule has 1 aromatic heterocycles. The van der Waals surface area contributed by atoms with E-state index >= 15 is 0 Å². The third-order valence-corrected chi connectivity index (χ3v) is 8.06. The lowest BCUT2D eigenvalue weighted by Gasteiger charge is -2.42. The molecule has 0 aliphatic carbocycles. The number of carbonyl (C=O) groups excluding carboxylic acids is 2. The van der Waals surface area contributed by atoms with Gasteiger partial charge >= 0.3 is 0 Å². The molecule has 9 heteroatoms. The molecule has 2 fully saturated rings. The molecule has 7 nitrogen and oxygen atoms in total. The maximum absolute atomic E-state index is 13.1. The summed E-state index contributed by atoms with van der Waals surface area (Å²) >= 11 is 6.69. The summed E-state index contributed by atoms with van der Waals surface area (Å²) in [5.41, 5.74) is 1.85. The predicted octanol–water partition coefficient (Wildman–Crippen LogP) is 3.09. The Labute approximate surface area is 207 Å². The van der Waals surface area contributed by atoms with Gasteiger partial charge in [-0.3, -0.25) is 19.3 Å². The number of carbonyl (C=O) groups is 2. The van der Waals surface area contributed by atoms with E-state index in [1.54, 1.807) is 25.3 Å². The normalized spacial score (nSPS) is 22.8. The van der Waals surface area contributed by atoms with Gasteiger partial charge < -0.3 is 14.2 Å². The first-order chi connectivity index (χ1) is 16.4. The number of thioether (sulfide) groups is 1. The zero-order chi connectivity index (χ0) is 23.8. The van der Waals surface area contributed by atoms with Gasteiger partial charge in [-0.2, -0.15) is 0 Å². The van der Waals surface area contributed by atoms with E-state index in [4.69, 9.17) is 17.0 Å². The average molecular weight is 496 g/mol. The van der Waals surface area contributed by atoms with Crippen LogP contribution in [0.3, 0.4) is 0 Å². The van der Waals surface area contributed by atoms with Gasteiger partial charge in [0.05, 0.1) is 12.0 Å². The summed E-state index contributed by atoms with van der Waals surface area (Å²) in [4.78, 5) is 42.2. The second kappa shape index (κ2) is 9.38. The third-order valence-electron chi connectivity index (χ3n) is 6.68. The van der Waals surface area contributed by atoms with Gasteiger partial charge in [0.25, 0.3) is 11.5 Å². The second-order valence-corrected chi connectivity index (χ2v) is 10.5. The van der Waals surface area contributed by atoms with E-state index in [1.165, 1.54) is 16.7 Å². The van der Waals surface area contributed by atoms with Crippen LogP contribution in [0.4, 0.5) is 0 Å². The number of piperidine rings is 1. The number of benzene rings is 1. The van der Waals surface area contributed by atoms with Crippen molar-refractivity contribution >= 4 is 46.2 Å². The van der Waals surface area contributed by atoms with Gasteiger partial charge in [-0.05, 0) is 30.5 Å². The van der Waals surface area contributed by atoms with Crippen molar-refractivity contribution in [2.24, 2.45) is 5.92 Å². The van der Waals surface area contributed by atoms with Gasteiger partial charge in [0.15, 0.2) is 0 Å². The molecule has 2 aromatic rings. The number of fused-ring (bicyclic) bond motifs is 4. The first kappa shape index (κ1) is 22.9. The van der Waals surface area contributed by atoms with Crippen LogP contribution in [0.1, 0.15) is 30.0 Å². The van der Waals surface area contributed by atoms with Gasteiger partial charge in [0, 0.05) is 55.8 Å². The van der Waals surface area contributed by atoms with E-state index in [-0.39, 0.29) is 42.2 Å². The van der Waals surface area contributed by atoms with Gasteiger partial charge in [-0.15, -0.1) is 0 Å². The van der Waals surface area contributed by atoms with Crippen molar-refractivity contribution in [1.29, 1.82) is 0 Å². The summed E-state index contributed by atoms with van der Waals surface area (Å²) < 4.78 is 7.69. The van der Waals surface area contributed by atoms with Crippen LogP contribution in [-0.4, -0.2) is 57.2 Å². The van der Waals surface area contributed by atoms with E-state index in [0.29, 0.717) is 34.6 Å². The summed E-state index contributed by atoms with van der Waals surface area (Å²) in [6, 6.07) is 12.9. The number of amides is 2. The lowest BCUT2D eigenvalue weighted by atomic mass is 9.83. The maximum Gasteiger partial charge on any atom is 0.266 e. The van der Waals surface area contributed by atoms with E-state index in [1.807, 2.05) is 39.8 Å². The molecule has 176 valence electrons. The van der Waals surface area contributed by atoms with Crippen LogP contribution in [0.2, 0.25) is 0 Å². The van der Waals surface area contributed by atoms with E-state index in [2.05, 4.69) is 0 Å². The number of aromatic nitrogens is 1. The molecule has 4 heterocycles. The molecule has 2 bridgehead atoms. The smallest absolute Gasteiger partial charge is 0.266 e. The Kier molecular flexibility index (Phi) is 6.31. The zero-order valence-corrected chi connectivity index (χ0v) is 20.4. The van der Waals surface area contributed by atoms with E-state index < -0.39 is 0 Å². The fourth-order valence-corrected chi connectivity index (χ4v) is 6.38. The fraction of sp³-hybridized carbons (Fsp3) is 0.360. The molecule has 2 saturated heterocycles. The van der Waals surface area contributed by atoms with Crippen molar-refractivity contribution in [1.82, 2.24) is 14.4 Å². The highest BCUT2D eigenvalue weighted by Crippen LogP contribution is 2.36. The van der Waals surface area contributed by atoms with Gasteiger partial charge in [0.1, 0.15) is 10.1 Å². The zero-order valence-electron chi connectivity index (χ0n) is 18.8. The number of para-hydroxylation sites is 1. The average Bonchev–Trinajstić information content (AvgIpc) is 3.10. The van der Waals surface area contributed by atoms with Crippen molar-refractivity contribution in [3.63, 3.8) is 0 Å². The number of likely N-dealkylation sites (tertiary alicyclic amines) is 1. The van der Waals surface area contributed by atoms with Gasteiger partial charge in [-0.1, -0.05) is 48.2 Å². The van der Waals surface area contributed by atoms with Crippen LogP contribution in [-0.2, 0) is 16.1 Å². The molecule has 0 spiro atoms. The number of thiocarbonyl (C=S) groups is 1. The van der Waals surface area contributed by atoms with Crippen molar-refractivity contribution in [2.75, 3.05) is 26.7 Å². The third kappa shape index (κ3) is 4.30. The van der Waals surface area contributed by atoms with Crippen LogP contribution in [0.25, 0.3) is 6.08 Å². The number of ether oxygens (including phenoxy) is 1. The summed E-state index contributed by atoms with van der Waals surface area (Å²) in [5.74, 6) is 0.964. The molecular formula is C25H25N3O4S2. The number of hydrogen-bond acceptors (Lipinski definition) is 6. The predicted molar refractivity (Wildman–Crippen MR) is 136 cm³/mol. The van der Waals surface area contributed by atoms with Crippen LogP contribution in [0, 0.1) is 5.92 Å². The molecule has 34 heavy (non-hydrogen) atoms. The Hall–Kier alpha value is -2.91. The minimum absolute atomic E-state index is 0.0178. The minimum Gasteiger partial charge on any atom is -0.496 e. The second-order valence-electron chi connectivity index (χ2n) is 8.82. The molecule has 1 aromatic carbocycles. The first-order valence-corrected chi connectivity index (χ1v) is 12.5. The van der Waals surface area contributed by atoms with Crippen molar-refractivity contribution in [3.05, 3.63) is 69.0 Å². The number of rotatable bonds is 5. The molecular weight excluding hydrogens is 470 g/mol. The van der Waals surface area contributed by atoms with Crippen molar-refractivity contribution in [2.45, 2.75) is 25.3 Å². The largest absolute Gasteiger partial charge is 0.496 e. The highest BCUT2D eigenvalue weighted by atomic mass is 32.2. The SMILES string of the molecule is COc1ccccc1C=C1SC(=S)N(CCC(=O)N2CC3CC(C2)c2cccc(=O)n2C3)C1=O. The molecule has 5 rings (SSSR count). The standard InChI is InChI=1S/C25H25N3O4S2/c1-32-20-7-3-2-5-17(20)12-21-24(31)27(25(33)34-21)10-9-22(29)26-13-16-11-18(15-26)19-6-4-8-23(30)28(19)14-16/h2-8,12,16,18H,9-11,13-15H2,1H3. The lowest BCUT2D eigenvalue weighted by Crippen LogP contribution is -2.49. The quantitative estimate of drug-likeness (QED) is 0.469. The molecule has 2 atom stereocenters. The Morgan fingerprint density at radius 2 is 1.97 bits per heavy atom. The molecule has 0 N–H and O–H groups in total. The van der Waals surface area contributed by atoms with E-state index in [0.717, 1.165) is 17.7 Å². The van der Waals surface area contributed by atoms with Crippen LogP contribution < -0.4 is 10.3 Å². The fourth-order valence-electron chi connectivity index (χ4n) is 5.09. The molecule has 0 saturated carbocycles. The van der Waals surface area contributed by atoms with Crippen molar-refractivity contribution < 1.29 is 14.3 Å². The molecule has 0 radical (unpaired) electrons. The Balaban J connectivity index is 1.24. The van der Waals surface area contributed by atoms with Crippen molar-refractivity contribution in [3.8, 4) is 5.75 Å². The monoisotopic (exact) mass is 495 g/mol. The Morgan fingerprint density at radius 3 is 2.79 bits per heavy atom. The number of methoxy groups -OCH3 is 1. The summed E-state index contributed by atoms with van der Waals surface area (Å²) in [5, 5.41) is 0. The Bertz CT molecular complexity index is 1250. The van der Waals surface area contributed by atoms with Gasteiger partial charge in [0.2, 0.25) is 5.91 Å². The molecule has 2 unspecified atom stereocenters. The number of hydrogen-bond donors (Lipinski definition) is 0. The lowest BCUT2D eigenvalue weighted by molar-refractivity contribution is -0.134. The maximum atomic E-state index is 13.1. The summed E-state index contributed by atoms with van der Waals surface area (Å²) in [6.07, 6.45) is 3.00. The van der Waals surface area contributed by atoms with E-state index in [9.17, 15) is 14.4 Å². The topological polar surface area (TPSA) is 71.8 Å². The van der Waals surface area contributed by atoms with Crippen LogP contribution in [0.5, 0.6) is 5.75 Å². The van der Waals surface area contributed by atoms with Crippen LogP contribution in [0.15, 0.2) is 52.2 Å².